The smallest absolute Gasteiger partial charge is 0.320 e. The Hall–Kier alpha value is -0.710. The Morgan fingerprint density at radius 2 is 2.20 bits per heavy atom. The summed E-state index contributed by atoms with van der Waals surface area (Å²) in [5.41, 5.74) is 0. The molecule has 0 unspecified atom stereocenters. The van der Waals surface area contributed by atoms with Crippen molar-refractivity contribution in [3.63, 3.8) is 0 Å². The zero-order valence-electron chi connectivity index (χ0n) is 5.47. The molecule has 0 saturated carbocycles. The Bertz CT molecular complexity index is 118. The standard InChI is InChI=1S/C5H9F2NO2/c1-3(5(9)10)8-2-4(6)7/h3-4,8H,2H2,1H3,(H,9,10)/t3-/m1/s1. The first kappa shape index (κ1) is 9.29. The lowest BCUT2D eigenvalue weighted by molar-refractivity contribution is -0.139. The highest BCUT2D eigenvalue weighted by Crippen LogP contribution is 1.89. The number of carboxylic acid groups (broad SMARTS) is 1. The molecule has 0 aliphatic heterocycles. The van der Waals surface area contributed by atoms with Gasteiger partial charge >= 0.3 is 5.97 Å². The van der Waals surface area contributed by atoms with Crippen LogP contribution >= 0.6 is 0 Å². The van der Waals surface area contributed by atoms with Gasteiger partial charge in [0.15, 0.2) is 0 Å². The fourth-order valence-corrected chi connectivity index (χ4v) is 0.353. The Morgan fingerprint density at radius 3 is 2.50 bits per heavy atom. The minimum absolute atomic E-state index is 0.576. The van der Waals surface area contributed by atoms with Gasteiger partial charge in [0.05, 0.1) is 6.54 Å². The fraction of sp³-hybridized carbons (Fsp3) is 0.800. The van der Waals surface area contributed by atoms with E-state index in [0.717, 1.165) is 0 Å². The fourth-order valence-electron chi connectivity index (χ4n) is 0.353. The minimum Gasteiger partial charge on any atom is -0.480 e. The molecule has 5 heteroatoms. The van der Waals surface area contributed by atoms with Gasteiger partial charge in [0.25, 0.3) is 6.43 Å². The maximum Gasteiger partial charge on any atom is 0.320 e. The van der Waals surface area contributed by atoms with Gasteiger partial charge in [-0.05, 0) is 6.92 Å². The molecule has 1 atom stereocenters. The monoisotopic (exact) mass is 153 g/mol. The molecule has 2 N–H and O–H groups in total. The number of nitrogens with one attached hydrogen (secondary N) is 1. The first-order valence-corrected chi connectivity index (χ1v) is 2.78. The van der Waals surface area contributed by atoms with E-state index in [4.69, 9.17) is 5.11 Å². The molecule has 10 heavy (non-hydrogen) atoms. The van der Waals surface area contributed by atoms with Crippen molar-refractivity contribution in [1.29, 1.82) is 0 Å². The molecule has 0 spiro atoms. The van der Waals surface area contributed by atoms with E-state index < -0.39 is 25.0 Å². The Morgan fingerprint density at radius 1 is 1.70 bits per heavy atom. The SMILES string of the molecule is C[C@@H](NCC(F)F)C(=O)O. The van der Waals surface area contributed by atoms with Gasteiger partial charge in [-0.2, -0.15) is 0 Å². The van der Waals surface area contributed by atoms with Crippen LogP contribution in [0.4, 0.5) is 8.78 Å². The number of hydrogen-bond donors (Lipinski definition) is 2. The van der Waals surface area contributed by atoms with Crippen molar-refractivity contribution in [2.24, 2.45) is 0 Å². The molecule has 0 fully saturated rings. The van der Waals surface area contributed by atoms with Crippen LogP contribution in [0.2, 0.25) is 0 Å². The first-order valence-electron chi connectivity index (χ1n) is 2.78. The number of rotatable bonds is 4. The largest absolute Gasteiger partial charge is 0.480 e. The first-order chi connectivity index (χ1) is 4.54. The van der Waals surface area contributed by atoms with E-state index in [1.807, 2.05) is 0 Å². The second kappa shape index (κ2) is 4.16. The lowest BCUT2D eigenvalue weighted by Crippen LogP contribution is -2.36. The predicted octanol–water partition coefficient (Wildman–Crippen LogP) is 0.314. The number of halogens is 2. The second-order valence-electron chi connectivity index (χ2n) is 1.86. The molecular weight excluding hydrogens is 144 g/mol. The molecule has 0 bridgehead atoms. The molecule has 0 aromatic heterocycles. The Kier molecular flexibility index (Phi) is 3.87. The Labute approximate surface area is 57.0 Å². The number of alkyl halides is 2. The highest BCUT2D eigenvalue weighted by atomic mass is 19.3. The molecule has 3 nitrogen and oxygen atoms in total. The zero-order chi connectivity index (χ0) is 8.15. The molecule has 0 aromatic carbocycles. The van der Waals surface area contributed by atoms with Crippen molar-refractivity contribution in [2.75, 3.05) is 6.54 Å². The van der Waals surface area contributed by atoms with Gasteiger partial charge in [0.1, 0.15) is 6.04 Å². The van der Waals surface area contributed by atoms with Crippen molar-refractivity contribution in [3.05, 3.63) is 0 Å². The van der Waals surface area contributed by atoms with Crippen molar-refractivity contribution in [1.82, 2.24) is 5.32 Å². The van der Waals surface area contributed by atoms with E-state index in [9.17, 15) is 13.6 Å². The highest BCUT2D eigenvalue weighted by Gasteiger charge is 2.11. The average molecular weight is 153 g/mol. The maximum absolute atomic E-state index is 11.4. The Balaban J connectivity index is 3.40. The van der Waals surface area contributed by atoms with E-state index in [2.05, 4.69) is 5.32 Å². The van der Waals surface area contributed by atoms with Crippen molar-refractivity contribution in [3.8, 4) is 0 Å². The topological polar surface area (TPSA) is 49.3 Å². The van der Waals surface area contributed by atoms with Crippen LogP contribution in [0.25, 0.3) is 0 Å². The second-order valence-corrected chi connectivity index (χ2v) is 1.86. The third-order valence-electron chi connectivity index (χ3n) is 0.949. The minimum atomic E-state index is -2.50. The number of hydrogen-bond acceptors (Lipinski definition) is 2. The summed E-state index contributed by atoms with van der Waals surface area (Å²) in [7, 11) is 0. The van der Waals surface area contributed by atoms with E-state index in [1.165, 1.54) is 6.92 Å². The van der Waals surface area contributed by atoms with Crippen LogP contribution in [0, 0.1) is 0 Å². The van der Waals surface area contributed by atoms with Gasteiger partial charge in [-0.3, -0.25) is 10.1 Å². The molecule has 0 saturated heterocycles. The molecular formula is C5H9F2NO2. The van der Waals surface area contributed by atoms with E-state index in [0.29, 0.717) is 0 Å². The molecule has 0 aliphatic rings. The van der Waals surface area contributed by atoms with Crippen LogP contribution in [-0.4, -0.2) is 30.1 Å². The van der Waals surface area contributed by atoms with Gasteiger partial charge in [-0.1, -0.05) is 0 Å². The van der Waals surface area contributed by atoms with Crippen LogP contribution in [0.15, 0.2) is 0 Å². The normalized spacial score (nSPS) is 13.6. The number of carboxylic acids is 1. The summed E-state index contributed by atoms with van der Waals surface area (Å²) in [6, 6.07) is -0.908. The van der Waals surface area contributed by atoms with Crippen LogP contribution in [0.1, 0.15) is 6.92 Å². The third kappa shape index (κ3) is 4.20. The molecule has 0 radical (unpaired) electrons. The summed E-state index contributed by atoms with van der Waals surface area (Å²) in [6.07, 6.45) is -2.50. The zero-order valence-corrected chi connectivity index (χ0v) is 5.47. The van der Waals surface area contributed by atoms with Gasteiger partial charge in [0, 0.05) is 0 Å². The number of carbonyl (C=O) groups is 1. The highest BCUT2D eigenvalue weighted by molar-refractivity contribution is 5.72. The molecule has 0 rings (SSSR count). The lowest BCUT2D eigenvalue weighted by atomic mass is 10.3. The summed E-state index contributed by atoms with van der Waals surface area (Å²) < 4.78 is 22.8. The van der Waals surface area contributed by atoms with Crippen LogP contribution < -0.4 is 5.32 Å². The molecule has 0 amide bonds. The summed E-state index contributed by atoms with van der Waals surface area (Å²) in [6.45, 7) is 0.734. The van der Waals surface area contributed by atoms with Gasteiger partial charge in [0.2, 0.25) is 0 Å². The van der Waals surface area contributed by atoms with E-state index in [1.54, 1.807) is 0 Å². The van der Waals surface area contributed by atoms with Crippen molar-refractivity contribution < 1.29 is 18.7 Å². The predicted molar refractivity (Wildman–Crippen MR) is 31.1 cm³/mol. The van der Waals surface area contributed by atoms with Crippen LogP contribution in [0.5, 0.6) is 0 Å². The molecule has 0 aliphatic carbocycles. The van der Waals surface area contributed by atoms with Gasteiger partial charge in [-0.15, -0.1) is 0 Å². The van der Waals surface area contributed by atoms with Crippen molar-refractivity contribution >= 4 is 5.97 Å². The van der Waals surface area contributed by atoms with Crippen LogP contribution in [0.3, 0.4) is 0 Å². The summed E-state index contributed by atoms with van der Waals surface area (Å²) in [4.78, 5) is 10.0. The molecule has 0 heterocycles. The maximum atomic E-state index is 11.4. The van der Waals surface area contributed by atoms with Crippen molar-refractivity contribution in [2.45, 2.75) is 19.4 Å². The lowest BCUT2D eigenvalue weighted by Gasteiger charge is -2.06. The summed E-state index contributed by atoms with van der Waals surface area (Å²) in [5, 5.41) is 10.3. The molecule has 0 aromatic rings. The summed E-state index contributed by atoms with van der Waals surface area (Å²) in [5.74, 6) is -1.12. The number of aliphatic carboxylic acids is 1. The van der Waals surface area contributed by atoms with E-state index in [-0.39, 0.29) is 0 Å². The van der Waals surface area contributed by atoms with Gasteiger partial charge in [-0.25, -0.2) is 8.78 Å². The molecule has 60 valence electrons. The quantitative estimate of drug-likeness (QED) is 0.611. The van der Waals surface area contributed by atoms with Gasteiger partial charge < -0.3 is 5.11 Å². The average Bonchev–Trinajstić information content (AvgIpc) is 1.82. The summed E-state index contributed by atoms with van der Waals surface area (Å²) >= 11 is 0. The third-order valence-corrected chi connectivity index (χ3v) is 0.949. The van der Waals surface area contributed by atoms with E-state index >= 15 is 0 Å². The van der Waals surface area contributed by atoms with Crippen LogP contribution in [-0.2, 0) is 4.79 Å².